The monoisotopic (exact) mass is 437 g/mol. The first-order chi connectivity index (χ1) is 14.7. The quantitative estimate of drug-likeness (QED) is 0.585. The Morgan fingerprint density at radius 3 is 2.06 bits per heavy atom. The highest BCUT2D eigenvalue weighted by atomic mass is 35.5. The summed E-state index contributed by atoms with van der Waals surface area (Å²) in [5.74, 6) is -0.623. The van der Waals surface area contributed by atoms with E-state index in [0.717, 1.165) is 22.3 Å². The summed E-state index contributed by atoms with van der Waals surface area (Å²) < 4.78 is 10.8. The van der Waals surface area contributed by atoms with E-state index < -0.39 is 6.04 Å². The third-order valence-electron chi connectivity index (χ3n) is 5.13. The maximum atomic E-state index is 12.4. The Morgan fingerprint density at radius 2 is 1.42 bits per heavy atom. The molecular weight excluding hydrogens is 414 g/mol. The lowest BCUT2D eigenvalue weighted by Gasteiger charge is -2.25. The van der Waals surface area contributed by atoms with E-state index in [9.17, 15) is 9.59 Å². The molecule has 160 valence electrons. The van der Waals surface area contributed by atoms with Crippen molar-refractivity contribution in [2.75, 3.05) is 0 Å². The second-order valence-corrected chi connectivity index (χ2v) is 7.28. The Bertz CT molecular complexity index is 1020. The first-order valence-electron chi connectivity index (χ1n) is 9.96. The number of halogens is 1. The van der Waals surface area contributed by atoms with E-state index in [1.165, 1.54) is 0 Å². The summed E-state index contributed by atoms with van der Waals surface area (Å²) in [4.78, 5) is 24.8. The second-order valence-electron chi connectivity index (χ2n) is 7.28. The van der Waals surface area contributed by atoms with Crippen LogP contribution in [-0.4, -0.2) is 18.0 Å². The average Bonchev–Trinajstić information content (AvgIpc) is 2.81. The van der Waals surface area contributed by atoms with Crippen molar-refractivity contribution >= 4 is 24.3 Å². The van der Waals surface area contributed by atoms with Gasteiger partial charge in [0.2, 0.25) is 0 Å². The minimum Gasteiger partial charge on any atom is -0.460 e. The van der Waals surface area contributed by atoms with Crippen LogP contribution in [0.2, 0.25) is 0 Å². The van der Waals surface area contributed by atoms with Gasteiger partial charge in [-0.1, -0.05) is 66.7 Å². The third kappa shape index (κ3) is 5.94. The lowest BCUT2D eigenvalue weighted by Crippen LogP contribution is -2.42. The predicted octanol–water partition coefficient (Wildman–Crippen LogP) is 4.22. The molecule has 4 rings (SSSR count). The molecule has 0 fully saturated rings. The molecule has 5 nitrogen and oxygen atoms in total. The van der Waals surface area contributed by atoms with E-state index in [2.05, 4.69) is 5.32 Å². The van der Waals surface area contributed by atoms with Crippen LogP contribution in [-0.2, 0) is 40.4 Å². The topological polar surface area (TPSA) is 64.6 Å². The van der Waals surface area contributed by atoms with Gasteiger partial charge in [0, 0.05) is 6.54 Å². The summed E-state index contributed by atoms with van der Waals surface area (Å²) in [5, 5.41) is 3.21. The van der Waals surface area contributed by atoms with E-state index in [4.69, 9.17) is 9.47 Å². The molecule has 0 saturated heterocycles. The van der Waals surface area contributed by atoms with Gasteiger partial charge >= 0.3 is 11.9 Å². The molecule has 1 aliphatic heterocycles. The molecule has 0 saturated carbocycles. The van der Waals surface area contributed by atoms with Gasteiger partial charge in [-0.25, -0.2) is 4.79 Å². The fraction of sp³-hybridized carbons (Fsp3) is 0.200. The smallest absolute Gasteiger partial charge is 0.338 e. The zero-order chi connectivity index (χ0) is 20.8. The van der Waals surface area contributed by atoms with Gasteiger partial charge in [-0.15, -0.1) is 12.4 Å². The Morgan fingerprint density at radius 1 is 0.806 bits per heavy atom. The van der Waals surface area contributed by atoms with Crippen LogP contribution in [0.4, 0.5) is 0 Å². The van der Waals surface area contributed by atoms with Crippen molar-refractivity contribution < 1.29 is 19.1 Å². The molecule has 31 heavy (non-hydrogen) atoms. The Labute approximate surface area is 187 Å². The first kappa shape index (κ1) is 22.5. The van der Waals surface area contributed by atoms with Crippen molar-refractivity contribution in [1.82, 2.24) is 5.32 Å². The maximum absolute atomic E-state index is 12.4. The van der Waals surface area contributed by atoms with Crippen LogP contribution in [0.25, 0.3) is 0 Å². The number of fused-ring (bicyclic) bond motifs is 1. The number of carbonyl (C=O) groups excluding carboxylic acids is 2. The van der Waals surface area contributed by atoms with Crippen molar-refractivity contribution in [2.24, 2.45) is 0 Å². The highest BCUT2D eigenvalue weighted by Gasteiger charge is 2.26. The molecule has 0 aliphatic carbocycles. The predicted molar refractivity (Wildman–Crippen MR) is 120 cm³/mol. The van der Waals surface area contributed by atoms with E-state index in [-0.39, 0.29) is 37.6 Å². The van der Waals surface area contributed by atoms with Gasteiger partial charge in [0.15, 0.2) is 0 Å². The van der Waals surface area contributed by atoms with Gasteiger partial charge in [0.25, 0.3) is 0 Å². The van der Waals surface area contributed by atoms with Crippen molar-refractivity contribution in [3.8, 4) is 0 Å². The van der Waals surface area contributed by atoms with Crippen molar-refractivity contribution in [2.45, 2.75) is 32.2 Å². The molecule has 0 amide bonds. The van der Waals surface area contributed by atoms with Gasteiger partial charge in [-0.3, -0.25) is 4.79 Å². The van der Waals surface area contributed by atoms with Crippen molar-refractivity contribution in [3.05, 3.63) is 107 Å². The van der Waals surface area contributed by atoms with Crippen LogP contribution in [0.3, 0.4) is 0 Å². The Kier molecular flexibility index (Phi) is 7.82. The number of nitrogens with one attached hydrogen (secondary N) is 1. The number of benzene rings is 3. The van der Waals surface area contributed by atoms with Gasteiger partial charge in [-0.05, 0) is 40.8 Å². The van der Waals surface area contributed by atoms with E-state index in [0.29, 0.717) is 18.5 Å². The molecule has 3 aromatic carbocycles. The molecule has 1 atom stereocenters. The van der Waals surface area contributed by atoms with E-state index >= 15 is 0 Å². The van der Waals surface area contributed by atoms with Crippen LogP contribution in [0.1, 0.15) is 32.6 Å². The highest BCUT2D eigenvalue weighted by Crippen LogP contribution is 2.20. The maximum Gasteiger partial charge on any atom is 0.338 e. The minimum atomic E-state index is -0.392. The SMILES string of the molecule is Cl.O=C(OCc1ccccc1)c1ccc2c(c1)CN[C@@H](C(=O)OCc1ccccc1)C2. The van der Waals surface area contributed by atoms with Crippen LogP contribution < -0.4 is 5.32 Å². The molecular formula is C25H24ClNO4. The fourth-order valence-electron chi connectivity index (χ4n) is 3.44. The minimum absolute atomic E-state index is 0. The van der Waals surface area contributed by atoms with Crippen molar-refractivity contribution in [1.29, 1.82) is 0 Å². The van der Waals surface area contributed by atoms with Crippen LogP contribution in [0.5, 0.6) is 0 Å². The summed E-state index contributed by atoms with van der Waals surface area (Å²) in [6.45, 7) is 1.00. The lowest BCUT2D eigenvalue weighted by molar-refractivity contribution is -0.147. The first-order valence-corrected chi connectivity index (χ1v) is 9.96. The number of hydrogen-bond acceptors (Lipinski definition) is 5. The summed E-state index contributed by atoms with van der Waals surface area (Å²) in [6.07, 6.45) is 0.530. The molecule has 0 spiro atoms. The summed E-state index contributed by atoms with van der Waals surface area (Å²) >= 11 is 0. The van der Waals surface area contributed by atoms with Gasteiger partial charge < -0.3 is 14.8 Å². The average molecular weight is 438 g/mol. The Balaban J connectivity index is 0.00000272. The zero-order valence-electron chi connectivity index (χ0n) is 17.0. The van der Waals surface area contributed by atoms with Gasteiger partial charge in [-0.2, -0.15) is 0 Å². The summed E-state index contributed by atoms with van der Waals surface area (Å²) in [6, 6.07) is 24.3. The largest absolute Gasteiger partial charge is 0.460 e. The molecule has 0 unspecified atom stereocenters. The molecule has 0 aromatic heterocycles. The molecule has 1 aliphatic rings. The van der Waals surface area contributed by atoms with Gasteiger partial charge in [0.05, 0.1) is 5.56 Å². The van der Waals surface area contributed by atoms with E-state index in [1.807, 2.05) is 72.8 Å². The number of esters is 2. The summed E-state index contributed by atoms with van der Waals surface area (Å²) in [7, 11) is 0. The van der Waals surface area contributed by atoms with Crippen LogP contribution in [0, 0.1) is 0 Å². The number of carbonyl (C=O) groups is 2. The van der Waals surface area contributed by atoms with Crippen LogP contribution in [0.15, 0.2) is 78.9 Å². The zero-order valence-corrected chi connectivity index (χ0v) is 17.8. The van der Waals surface area contributed by atoms with Crippen LogP contribution >= 0.6 is 12.4 Å². The standard InChI is InChI=1S/C25H23NO4.ClH/c27-24(29-16-18-7-3-1-4-8-18)21-12-11-20-14-23(26-15-22(20)13-21)25(28)30-17-19-9-5-2-6-10-19;/h1-13,23,26H,14-17H2;1H/t23-;/m1./s1. The van der Waals surface area contributed by atoms with Gasteiger partial charge in [0.1, 0.15) is 19.3 Å². The molecule has 3 aromatic rings. The number of ether oxygens (including phenoxy) is 2. The third-order valence-corrected chi connectivity index (χ3v) is 5.13. The molecule has 6 heteroatoms. The van der Waals surface area contributed by atoms with E-state index in [1.54, 1.807) is 6.07 Å². The normalized spacial score (nSPS) is 14.6. The number of hydrogen-bond donors (Lipinski definition) is 1. The molecule has 0 bridgehead atoms. The highest BCUT2D eigenvalue weighted by molar-refractivity contribution is 5.89. The molecule has 0 radical (unpaired) electrons. The second kappa shape index (κ2) is 10.8. The van der Waals surface area contributed by atoms with Crippen molar-refractivity contribution in [3.63, 3.8) is 0 Å². The summed E-state index contributed by atoms with van der Waals surface area (Å²) in [5.41, 5.74) is 4.45. The Hall–Kier alpha value is -3.15. The number of rotatable bonds is 6. The molecule has 1 N–H and O–H groups in total. The lowest BCUT2D eigenvalue weighted by atomic mass is 9.94. The fourth-order valence-corrected chi connectivity index (χ4v) is 3.44. The molecule has 1 heterocycles.